The Morgan fingerprint density at radius 1 is 1.42 bits per heavy atom. The molecule has 1 aliphatic carbocycles. The average Bonchev–Trinajstić information content (AvgIpc) is 3.12. The van der Waals surface area contributed by atoms with E-state index >= 15 is 0 Å². The van der Waals surface area contributed by atoms with Gasteiger partial charge in [-0.1, -0.05) is 6.07 Å². The summed E-state index contributed by atoms with van der Waals surface area (Å²) in [5, 5.41) is 21.3. The molecule has 6 nitrogen and oxygen atoms in total. The van der Waals surface area contributed by atoms with Gasteiger partial charge >= 0.3 is 0 Å². The number of fused-ring (bicyclic) bond motifs is 1. The largest absolute Gasteiger partial charge is 0.372 e. The summed E-state index contributed by atoms with van der Waals surface area (Å²) in [6, 6.07) is 7.25. The summed E-state index contributed by atoms with van der Waals surface area (Å²) in [5.41, 5.74) is 3.01. The highest BCUT2D eigenvalue weighted by atomic mass is 32.1. The third kappa shape index (κ3) is 2.88. The molecule has 2 aromatic rings. The molecule has 24 heavy (non-hydrogen) atoms. The van der Waals surface area contributed by atoms with E-state index in [1.807, 2.05) is 0 Å². The zero-order chi connectivity index (χ0) is 17.3. The predicted molar refractivity (Wildman–Crippen MR) is 95.7 cm³/mol. The smallest absolute Gasteiger partial charge is 0.293 e. The molecule has 0 fully saturated rings. The van der Waals surface area contributed by atoms with Crippen LogP contribution in [0.2, 0.25) is 0 Å². The van der Waals surface area contributed by atoms with Gasteiger partial charge in [0.15, 0.2) is 0 Å². The number of nitro benzene ring substituents is 1. The molecule has 1 aromatic carbocycles. The van der Waals surface area contributed by atoms with Gasteiger partial charge in [-0.25, -0.2) is 4.99 Å². The van der Waals surface area contributed by atoms with Crippen molar-refractivity contribution < 1.29 is 4.92 Å². The molecule has 1 aromatic heterocycles. The lowest BCUT2D eigenvalue weighted by Crippen LogP contribution is -2.11. The number of hydrogen-bond donors (Lipinski definition) is 0. The van der Waals surface area contributed by atoms with E-state index in [-0.39, 0.29) is 5.69 Å². The van der Waals surface area contributed by atoms with E-state index < -0.39 is 4.92 Å². The second-order valence-corrected chi connectivity index (χ2v) is 6.89. The highest BCUT2D eigenvalue weighted by Crippen LogP contribution is 2.40. The first-order chi connectivity index (χ1) is 11.5. The Morgan fingerprint density at radius 2 is 2.21 bits per heavy atom. The van der Waals surface area contributed by atoms with Gasteiger partial charge in [0.05, 0.1) is 10.5 Å². The number of thiophene rings is 1. The zero-order valence-electron chi connectivity index (χ0n) is 13.4. The standard InChI is InChI=1S/C17H16N4O2S/c1-20(2)14-7-6-11(8-15(14)21(22)23)10-19-17-13(9-18)12-4-3-5-16(12)24-17/h6-8,10H,3-5H2,1-2H3/b19-10+. The molecule has 122 valence electrons. The number of rotatable bonds is 4. The summed E-state index contributed by atoms with van der Waals surface area (Å²) in [4.78, 5) is 18.2. The quantitative estimate of drug-likeness (QED) is 0.481. The van der Waals surface area contributed by atoms with Gasteiger partial charge in [-0.15, -0.1) is 11.3 Å². The molecule has 0 aliphatic heterocycles. The molecule has 7 heteroatoms. The van der Waals surface area contributed by atoms with Crippen molar-refractivity contribution in [3.05, 3.63) is 49.9 Å². The van der Waals surface area contributed by atoms with E-state index in [1.165, 1.54) is 10.9 Å². The SMILES string of the molecule is CN(C)c1ccc(/C=N/c2sc3c(c2C#N)CCC3)cc1[N+](=O)[O-]. The van der Waals surface area contributed by atoms with Gasteiger partial charge in [-0.2, -0.15) is 5.26 Å². The molecular weight excluding hydrogens is 324 g/mol. The monoisotopic (exact) mass is 340 g/mol. The second-order valence-electron chi connectivity index (χ2n) is 5.81. The molecule has 0 radical (unpaired) electrons. The minimum atomic E-state index is -0.396. The van der Waals surface area contributed by atoms with Gasteiger partial charge in [0.25, 0.3) is 5.69 Å². The maximum atomic E-state index is 11.2. The van der Waals surface area contributed by atoms with Crippen LogP contribution in [-0.2, 0) is 12.8 Å². The zero-order valence-corrected chi connectivity index (χ0v) is 14.3. The Labute approximate surface area is 143 Å². The van der Waals surface area contributed by atoms with Crippen LogP contribution in [0.5, 0.6) is 0 Å². The van der Waals surface area contributed by atoms with Crippen molar-refractivity contribution in [2.24, 2.45) is 4.99 Å². The topological polar surface area (TPSA) is 82.5 Å². The molecule has 0 atom stereocenters. The summed E-state index contributed by atoms with van der Waals surface area (Å²) >= 11 is 1.55. The maximum Gasteiger partial charge on any atom is 0.293 e. The van der Waals surface area contributed by atoms with Crippen LogP contribution in [0.25, 0.3) is 0 Å². The average molecular weight is 340 g/mol. The predicted octanol–water partition coefficient (Wildman–Crippen LogP) is 3.83. The highest BCUT2D eigenvalue weighted by molar-refractivity contribution is 7.16. The lowest BCUT2D eigenvalue weighted by Gasteiger charge is -2.12. The van der Waals surface area contributed by atoms with E-state index in [4.69, 9.17) is 0 Å². The van der Waals surface area contributed by atoms with Crippen molar-refractivity contribution in [1.82, 2.24) is 0 Å². The Bertz CT molecular complexity index is 877. The van der Waals surface area contributed by atoms with Crippen LogP contribution in [0.15, 0.2) is 23.2 Å². The fourth-order valence-corrected chi connectivity index (χ4v) is 4.06. The third-order valence-corrected chi connectivity index (χ3v) is 5.22. The van der Waals surface area contributed by atoms with Gasteiger partial charge in [-0.05, 0) is 36.5 Å². The summed E-state index contributed by atoms with van der Waals surface area (Å²) in [5.74, 6) is 0. The molecule has 0 unspecified atom stereocenters. The molecule has 0 amide bonds. The number of nitro groups is 1. The Kier molecular flexibility index (Phi) is 4.32. The lowest BCUT2D eigenvalue weighted by atomic mass is 10.1. The fraction of sp³-hybridized carbons (Fsp3) is 0.294. The molecule has 0 saturated carbocycles. The molecule has 0 bridgehead atoms. The van der Waals surface area contributed by atoms with Crippen molar-refractivity contribution in [2.45, 2.75) is 19.3 Å². The van der Waals surface area contributed by atoms with Crippen molar-refractivity contribution in [3.63, 3.8) is 0 Å². The van der Waals surface area contributed by atoms with Crippen LogP contribution in [0.4, 0.5) is 16.4 Å². The van der Waals surface area contributed by atoms with Gasteiger partial charge in [0, 0.05) is 31.3 Å². The lowest BCUT2D eigenvalue weighted by molar-refractivity contribution is -0.384. The van der Waals surface area contributed by atoms with Crippen molar-refractivity contribution in [1.29, 1.82) is 5.26 Å². The minimum Gasteiger partial charge on any atom is -0.372 e. The van der Waals surface area contributed by atoms with Crippen LogP contribution in [0, 0.1) is 21.4 Å². The molecule has 3 rings (SSSR count). The highest BCUT2D eigenvalue weighted by Gasteiger charge is 2.21. The Hall–Kier alpha value is -2.72. The molecule has 1 heterocycles. The molecular formula is C17H16N4O2S. The molecule has 0 saturated heterocycles. The first kappa shape index (κ1) is 16.1. The first-order valence-corrected chi connectivity index (χ1v) is 8.37. The van der Waals surface area contributed by atoms with E-state index in [9.17, 15) is 15.4 Å². The van der Waals surface area contributed by atoms with E-state index in [0.29, 0.717) is 21.8 Å². The summed E-state index contributed by atoms with van der Waals surface area (Å²) in [6.45, 7) is 0. The van der Waals surface area contributed by atoms with Gasteiger partial charge in [0.1, 0.15) is 16.8 Å². The van der Waals surface area contributed by atoms with Crippen LogP contribution >= 0.6 is 11.3 Å². The van der Waals surface area contributed by atoms with Gasteiger partial charge < -0.3 is 4.90 Å². The Morgan fingerprint density at radius 3 is 2.88 bits per heavy atom. The molecule has 0 N–H and O–H groups in total. The van der Waals surface area contributed by atoms with Crippen molar-refractivity contribution >= 4 is 33.9 Å². The summed E-state index contributed by atoms with van der Waals surface area (Å²) in [7, 11) is 3.53. The van der Waals surface area contributed by atoms with Crippen LogP contribution in [0.1, 0.15) is 28.0 Å². The van der Waals surface area contributed by atoms with Crippen LogP contribution in [-0.4, -0.2) is 25.2 Å². The fourth-order valence-electron chi connectivity index (χ4n) is 2.87. The van der Waals surface area contributed by atoms with E-state index in [2.05, 4.69) is 11.1 Å². The number of anilines is 1. The normalized spacial score (nSPS) is 13.0. The number of aliphatic imine (C=N–C) groups is 1. The number of hydrogen-bond acceptors (Lipinski definition) is 6. The number of nitrogens with zero attached hydrogens (tertiary/aromatic N) is 4. The Balaban J connectivity index is 1.95. The van der Waals surface area contributed by atoms with Crippen LogP contribution < -0.4 is 4.90 Å². The van der Waals surface area contributed by atoms with Crippen molar-refractivity contribution in [2.75, 3.05) is 19.0 Å². The summed E-state index contributed by atoms with van der Waals surface area (Å²) in [6.07, 6.45) is 4.63. The van der Waals surface area contributed by atoms with Gasteiger partial charge in [0.2, 0.25) is 0 Å². The van der Waals surface area contributed by atoms with E-state index in [1.54, 1.807) is 48.7 Å². The third-order valence-electron chi connectivity index (χ3n) is 4.02. The van der Waals surface area contributed by atoms with Gasteiger partial charge in [-0.3, -0.25) is 10.1 Å². The maximum absolute atomic E-state index is 11.2. The number of benzene rings is 1. The number of nitriles is 1. The van der Waals surface area contributed by atoms with Crippen molar-refractivity contribution in [3.8, 4) is 6.07 Å². The second kappa shape index (κ2) is 6.42. The molecule has 1 aliphatic rings. The van der Waals surface area contributed by atoms with E-state index in [0.717, 1.165) is 24.8 Å². The number of aryl methyl sites for hydroxylation is 1. The van der Waals surface area contributed by atoms with Crippen LogP contribution in [0.3, 0.4) is 0 Å². The first-order valence-electron chi connectivity index (χ1n) is 7.55. The minimum absolute atomic E-state index is 0.0399. The summed E-state index contributed by atoms with van der Waals surface area (Å²) < 4.78 is 0. The molecule has 0 spiro atoms.